The summed E-state index contributed by atoms with van der Waals surface area (Å²) in [6.45, 7) is 1.79. The van der Waals surface area contributed by atoms with E-state index in [0.717, 1.165) is 22.6 Å². The van der Waals surface area contributed by atoms with Gasteiger partial charge in [0.2, 0.25) is 5.89 Å². The van der Waals surface area contributed by atoms with Crippen LogP contribution in [0.3, 0.4) is 0 Å². The number of aromatic nitrogens is 1. The number of carbonyl (C=O) groups is 1. The van der Waals surface area contributed by atoms with E-state index in [1.165, 1.54) is 0 Å². The number of nitrogens with zero attached hydrogens (tertiary/aromatic N) is 1. The van der Waals surface area contributed by atoms with Gasteiger partial charge in [0.05, 0.1) is 14.2 Å². The molecule has 1 atom stereocenters. The molecular weight excluding hydrogens is 346 g/mol. The Morgan fingerprint density at radius 2 is 1.52 bits per heavy atom. The number of carboxylic acids is 1. The van der Waals surface area contributed by atoms with Crippen molar-refractivity contribution >= 4 is 5.97 Å². The lowest BCUT2D eigenvalue weighted by Crippen LogP contribution is -2.10. The summed E-state index contributed by atoms with van der Waals surface area (Å²) in [6.07, 6.45) is 0.389. The quantitative estimate of drug-likeness (QED) is 0.657. The van der Waals surface area contributed by atoms with E-state index < -0.39 is 11.9 Å². The zero-order valence-corrected chi connectivity index (χ0v) is 15.4. The van der Waals surface area contributed by atoms with Crippen molar-refractivity contribution in [3.05, 3.63) is 54.4 Å². The number of hydrogen-bond donors (Lipinski definition) is 1. The van der Waals surface area contributed by atoms with Gasteiger partial charge < -0.3 is 19.0 Å². The Labute approximate surface area is 157 Å². The molecule has 0 amide bonds. The lowest BCUT2D eigenvalue weighted by Gasteiger charge is -2.05. The van der Waals surface area contributed by atoms with E-state index in [9.17, 15) is 9.90 Å². The number of hydrogen-bond acceptors (Lipinski definition) is 5. The number of ether oxygens (including phenoxy) is 2. The van der Waals surface area contributed by atoms with Gasteiger partial charge in [-0.05, 0) is 55.0 Å². The van der Waals surface area contributed by atoms with Gasteiger partial charge in [-0.25, -0.2) is 4.98 Å². The second-order valence-electron chi connectivity index (χ2n) is 5.99. The number of benzene rings is 2. The van der Waals surface area contributed by atoms with E-state index in [2.05, 4.69) is 4.98 Å². The third kappa shape index (κ3) is 3.79. The van der Waals surface area contributed by atoms with Crippen LogP contribution in [0.5, 0.6) is 11.5 Å². The molecule has 0 fully saturated rings. The molecule has 6 heteroatoms. The molecule has 1 aromatic heterocycles. The van der Waals surface area contributed by atoms with Crippen LogP contribution in [0.4, 0.5) is 0 Å². The molecule has 0 saturated carbocycles. The van der Waals surface area contributed by atoms with Gasteiger partial charge >= 0.3 is 5.97 Å². The lowest BCUT2D eigenvalue weighted by molar-refractivity contribution is -0.139. The zero-order valence-electron chi connectivity index (χ0n) is 15.4. The average molecular weight is 367 g/mol. The Kier molecular flexibility index (Phi) is 5.45. The first-order chi connectivity index (χ1) is 13.1. The van der Waals surface area contributed by atoms with Crippen molar-refractivity contribution in [1.29, 1.82) is 0 Å². The molecule has 0 spiro atoms. The number of methoxy groups -OCH3 is 2. The van der Waals surface area contributed by atoms with Crippen molar-refractivity contribution in [1.82, 2.24) is 4.98 Å². The van der Waals surface area contributed by atoms with Gasteiger partial charge in [-0.1, -0.05) is 6.92 Å². The Balaban J connectivity index is 2.13. The molecule has 2 aromatic carbocycles. The largest absolute Gasteiger partial charge is 0.497 e. The van der Waals surface area contributed by atoms with Gasteiger partial charge in [0, 0.05) is 11.1 Å². The SMILES string of the molecule is CCC(C(=O)O)c1nc(-c2ccc(OC)cc2)c(-c2ccc(OC)cc2)o1. The highest BCUT2D eigenvalue weighted by Gasteiger charge is 2.27. The second kappa shape index (κ2) is 7.95. The fourth-order valence-electron chi connectivity index (χ4n) is 2.82. The molecule has 0 radical (unpaired) electrons. The standard InChI is InChI=1S/C21H21NO5/c1-4-17(21(23)24)20-22-18(13-5-9-15(25-2)10-6-13)19(27-20)14-7-11-16(26-3)12-8-14/h5-12,17H,4H2,1-3H3,(H,23,24). The van der Waals surface area contributed by atoms with Crippen LogP contribution in [0, 0.1) is 0 Å². The minimum absolute atomic E-state index is 0.196. The van der Waals surface area contributed by atoms with Crippen molar-refractivity contribution in [2.75, 3.05) is 14.2 Å². The maximum absolute atomic E-state index is 11.6. The molecule has 1 N–H and O–H groups in total. The number of rotatable bonds is 7. The molecule has 0 saturated heterocycles. The number of carboxylic acid groups (broad SMARTS) is 1. The summed E-state index contributed by atoms with van der Waals surface area (Å²) in [5, 5.41) is 9.47. The molecule has 3 rings (SSSR count). The monoisotopic (exact) mass is 367 g/mol. The average Bonchev–Trinajstić information content (AvgIpc) is 3.13. The van der Waals surface area contributed by atoms with Crippen molar-refractivity contribution in [3.8, 4) is 34.1 Å². The van der Waals surface area contributed by atoms with Gasteiger partial charge in [0.1, 0.15) is 23.1 Å². The van der Waals surface area contributed by atoms with Crippen LogP contribution in [0.15, 0.2) is 52.9 Å². The summed E-state index contributed by atoms with van der Waals surface area (Å²) in [5.74, 6) is 0.418. The van der Waals surface area contributed by atoms with Gasteiger partial charge in [0.15, 0.2) is 5.76 Å². The van der Waals surface area contributed by atoms with Crippen LogP contribution < -0.4 is 9.47 Å². The summed E-state index contributed by atoms with van der Waals surface area (Å²) in [5.41, 5.74) is 2.20. The molecular formula is C21H21NO5. The third-order valence-electron chi connectivity index (χ3n) is 4.36. The highest BCUT2D eigenvalue weighted by Crippen LogP contribution is 2.36. The molecule has 27 heavy (non-hydrogen) atoms. The first kappa shape index (κ1) is 18.5. The van der Waals surface area contributed by atoms with E-state index in [-0.39, 0.29) is 5.89 Å². The minimum Gasteiger partial charge on any atom is -0.497 e. The van der Waals surface area contributed by atoms with Crippen molar-refractivity contribution in [3.63, 3.8) is 0 Å². The molecule has 3 aromatic rings. The van der Waals surface area contributed by atoms with E-state index in [0.29, 0.717) is 17.9 Å². The van der Waals surface area contributed by atoms with Gasteiger partial charge in [-0.2, -0.15) is 0 Å². The van der Waals surface area contributed by atoms with E-state index in [4.69, 9.17) is 13.9 Å². The van der Waals surface area contributed by atoms with Crippen molar-refractivity contribution in [2.45, 2.75) is 19.3 Å². The maximum atomic E-state index is 11.6. The highest BCUT2D eigenvalue weighted by atomic mass is 16.5. The normalized spacial score (nSPS) is 11.8. The summed E-state index contributed by atoms with van der Waals surface area (Å²) in [4.78, 5) is 16.1. The van der Waals surface area contributed by atoms with E-state index in [1.54, 1.807) is 21.1 Å². The van der Waals surface area contributed by atoms with Crippen LogP contribution in [-0.2, 0) is 4.79 Å². The Morgan fingerprint density at radius 1 is 1.00 bits per heavy atom. The summed E-state index contributed by atoms with van der Waals surface area (Å²) >= 11 is 0. The first-order valence-electron chi connectivity index (χ1n) is 8.59. The number of aliphatic carboxylic acids is 1. The van der Waals surface area contributed by atoms with E-state index >= 15 is 0 Å². The zero-order chi connectivity index (χ0) is 19.4. The molecule has 1 heterocycles. The molecule has 140 valence electrons. The third-order valence-corrected chi connectivity index (χ3v) is 4.36. The molecule has 1 unspecified atom stereocenters. The fourth-order valence-corrected chi connectivity index (χ4v) is 2.82. The topological polar surface area (TPSA) is 81.8 Å². The number of oxazole rings is 1. The molecule has 0 aliphatic carbocycles. The predicted molar refractivity (Wildman–Crippen MR) is 101 cm³/mol. The van der Waals surface area contributed by atoms with Crippen LogP contribution in [0.25, 0.3) is 22.6 Å². The molecule has 0 aliphatic heterocycles. The summed E-state index contributed by atoms with van der Waals surface area (Å²) < 4.78 is 16.3. The van der Waals surface area contributed by atoms with Crippen LogP contribution >= 0.6 is 0 Å². The van der Waals surface area contributed by atoms with Gasteiger partial charge in [-0.15, -0.1) is 0 Å². The molecule has 0 aliphatic rings. The van der Waals surface area contributed by atoms with Crippen LogP contribution in [0.1, 0.15) is 25.2 Å². The molecule has 0 bridgehead atoms. The van der Waals surface area contributed by atoms with Crippen molar-refractivity contribution in [2.24, 2.45) is 0 Å². The van der Waals surface area contributed by atoms with Gasteiger partial charge in [0.25, 0.3) is 0 Å². The lowest BCUT2D eigenvalue weighted by atomic mass is 10.1. The summed E-state index contributed by atoms with van der Waals surface area (Å²) in [7, 11) is 3.20. The Morgan fingerprint density at radius 3 is 1.96 bits per heavy atom. The predicted octanol–water partition coefficient (Wildman–Crippen LogP) is 4.60. The Hall–Kier alpha value is -3.28. The minimum atomic E-state index is -0.957. The first-order valence-corrected chi connectivity index (χ1v) is 8.59. The van der Waals surface area contributed by atoms with Crippen molar-refractivity contribution < 1.29 is 23.8 Å². The highest BCUT2D eigenvalue weighted by molar-refractivity contribution is 5.79. The fraction of sp³-hybridized carbons (Fsp3) is 0.238. The van der Waals surface area contributed by atoms with Crippen LogP contribution in [-0.4, -0.2) is 30.3 Å². The maximum Gasteiger partial charge on any atom is 0.315 e. The van der Waals surface area contributed by atoms with Crippen LogP contribution in [0.2, 0.25) is 0 Å². The van der Waals surface area contributed by atoms with E-state index in [1.807, 2.05) is 48.5 Å². The Bertz CT molecular complexity index is 848. The second-order valence-corrected chi connectivity index (χ2v) is 5.99. The smallest absolute Gasteiger partial charge is 0.315 e. The molecule has 6 nitrogen and oxygen atoms in total. The van der Waals surface area contributed by atoms with Gasteiger partial charge in [-0.3, -0.25) is 4.79 Å². The summed E-state index contributed by atoms with van der Waals surface area (Å²) in [6, 6.07) is 14.8.